The number of Topliss-reactive ketones (excluding diaryl/α,β-unsaturated/α-hetero) is 1. The number of hydrogen-bond acceptors (Lipinski definition) is 3. The van der Waals surface area contributed by atoms with E-state index in [2.05, 4.69) is 0 Å². The number of carbonyl (C=O) groups excluding carboxylic acids is 1. The summed E-state index contributed by atoms with van der Waals surface area (Å²) in [6.45, 7) is 5.61. The van der Waals surface area contributed by atoms with Gasteiger partial charge in [0.15, 0.2) is 5.78 Å². The zero-order chi connectivity index (χ0) is 12.3. The molecular formula is C13H19NO2. The monoisotopic (exact) mass is 221 g/mol. The maximum absolute atomic E-state index is 12.1. The lowest BCUT2D eigenvalue weighted by Gasteiger charge is -2.16. The molecule has 0 radical (unpaired) electrons. The Morgan fingerprint density at radius 1 is 1.38 bits per heavy atom. The summed E-state index contributed by atoms with van der Waals surface area (Å²) in [6, 6.07) is 5.33. The van der Waals surface area contributed by atoms with Gasteiger partial charge in [0.1, 0.15) is 5.75 Å². The van der Waals surface area contributed by atoms with Crippen molar-refractivity contribution in [2.75, 3.05) is 7.11 Å². The van der Waals surface area contributed by atoms with Gasteiger partial charge in [-0.25, -0.2) is 0 Å². The fraction of sp³-hybridized carbons (Fsp3) is 0.462. The highest BCUT2D eigenvalue weighted by Crippen LogP contribution is 2.20. The van der Waals surface area contributed by atoms with E-state index in [1.807, 2.05) is 26.8 Å². The van der Waals surface area contributed by atoms with Gasteiger partial charge in [-0.1, -0.05) is 6.92 Å². The third kappa shape index (κ3) is 2.61. The van der Waals surface area contributed by atoms with Crippen LogP contribution in [0, 0.1) is 12.8 Å². The first-order valence-corrected chi connectivity index (χ1v) is 5.41. The van der Waals surface area contributed by atoms with E-state index in [0.29, 0.717) is 0 Å². The molecule has 0 aliphatic carbocycles. The summed E-state index contributed by atoms with van der Waals surface area (Å²) in [4.78, 5) is 12.1. The Morgan fingerprint density at radius 3 is 2.44 bits per heavy atom. The van der Waals surface area contributed by atoms with E-state index < -0.39 is 0 Å². The van der Waals surface area contributed by atoms with Gasteiger partial charge in [-0.3, -0.25) is 4.79 Å². The predicted molar refractivity (Wildman–Crippen MR) is 64.9 cm³/mol. The summed E-state index contributed by atoms with van der Waals surface area (Å²) < 4.78 is 5.10. The lowest BCUT2D eigenvalue weighted by atomic mass is 9.91. The van der Waals surface area contributed by atoms with E-state index in [9.17, 15) is 4.79 Å². The molecule has 0 heterocycles. The fourth-order valence-electron chi connectivity index (χ4n) is 1.52. The lowest BCUT2D eigenvalue weighted by Crippen LogP contribution is -2.30. The Kier molecular flexibility index (Phi) is 4.07. The third-order valence-electron chi connectivity index (χ3n) is 2.90. The number of benzene rings is 1. The first kappa shape index (κ1) is 12.7. The maximum atomic E-state index is 12.1. The highest BCUT2D eigenvalue weighted by Gasteiger charge is 2.20. The summed E-state index contributed by atoms with van der Waals surface area (Å²) in [5.74, 6) is 0.699. The average molecular weight is 221 g/mol. The fourth-order valence-corrected chi connectivity index (χ4v) is 1.52. The van der Waals surface area contributed by atoms with Crippen molar-refractivity contribution < 1.29 is 9.53 Å². The number of carbonyl (C=O) groups is 1. The van der Waals surface area contributed by atoms with Crippen LogP contribution < -0.4 is 10.5 Å². The predicted octanol–water partition coefficient (Wildman–Crippen LogP) is 2.17. The topological polar surface area (TPSA) is 52.3 Å². The summed E-state index contributed by atoms with van der Waals surface area (Å²) in [5, 5.41) is 0. The minimum absolute atomic E-state index is 0.0927. The molecule has 1 rings (SSSR count). The van der Waals surface area contributed by atoms with Gasteiger partial charge in [-0.15, -0.1) is 0 Å². The van der Waals surface area contributed by atoms with Crippen LogP contribution in [0.2, 0.25) is 0 Å². The van der Waals surface area contributed by atoms with Crippen LogP contribution in [-0.2, 0) is 0 Å². The van der Waals surface area contributed by atoms with Crippen molar-refractivity contribution in [2.45, 2.75) is 26.8 Å². The Bertz CT molecular complexity index is 386. The molecule has 0 saturated carbocycles. The highest BCUT2D eigenvalue weighted by atomic mass is 16.5. The smallest absolute Gasteiger partial charge is 0.167 e. The molecule has 0 aliphatic rings. The number of hydrogen-bond donors (Lipinski definition) is 1. The van der Waals surface area contributed by atoms with Crippen molar-refractivity contribution in [1.82, 2.24) is 0 Å². The quantitative estimate of drug-likeness (QED) is 0.793. The first-order valence-electron chi connectivity index (χ1n) is 5.41. The van der Waals surface area contributed by atoms with Gasteiger partial charge in [0, 0.05) is 17.5 Å². The molecule has 1 aromatic rings. The van der Waals surface area contributed by atoms with Crippen LogP contribution in [0.4, 0.5) is 0 Å². The largest absolute Gasteiger partial charge is 0.497 e. The Morgan fingerprint density at radius 2 is 2.00 bits per heavy atom. The molecule has 88 valence electrons. The Balaban J connectivity index is 3.01. The lowest BCUT2D eigenvalue weighted by molar-refractivity contribution is 0.0916. The highest BCUT2D eigenvalue weighted by molar-refractivity contribution is 5.99. The van der Waals surface area contributed by atoms with Crippen LogP contribution in [0.3, 0.4) is 0 Å². The molecule has 0 aromatic heterocycles. The molecular weight excluding hydrogens is 202 g/mol. The Hall–Kier alpha value is -1.35. The molecule has 3 nitrogen and oxygen atoms in total. The van der Waals surface area contributed by atoms with Crippen LogP contribution >= 0.6 is 0 Å². The van der Waals surface area contributed by atoms with Crippen molar-refractivity contribution in [1.29, 1.82) is 0 Å². The molecule has 0 bridgehead atoms. The van der Waals surface area contributed by atoms with Gasteiger partial charge >= 0.3 is 0 Å². The van der Waals surface area contributed by atoms with E-state index in [4.69, 9.17) is 10.5 Å². The van der Waals surface area contributed by atoms with Crippen LogP contribution in [-0.4, -0.2) is 18.9 Å². The summed E-state index contributed by atoms with van der Waals surface area (Å²) >= 11 is 0. The second kappa shape index (κ2) is 5.12. The standard InChI is InChI=1S/C13H19NO2/c1-8-7-11(16-4)5-6-12(8)13(15)9(2)10(3)14/h5-7,9-10H,14H2,1-4H3. The molecule has 0 spiro atoms. The van der Waals surface area contributed by atoms with Gasteiger partial charge in [-0.2, -0.15) is 0 Å². The van der Waals surface area contributed by atoms with Gasteiger partial charge in [0.2, 0.25) is 0 Å². The normalized spacial score (nSPS) is 14.3. The molecule has 3 heteroatoms. The minimum atomic E-state index is -0.160. The zero-order valence-electron chi connectivity index (χ0n) is 10.3. The van der Waals surface area contributed by atoms with Gasteiger partial charge in [-0.05, 0) is 37.6 Å². The molecule has 2 atom stereocenters. The molecule has 0 fully saturated rings. The van der Waals surface area contributed by atoms with E-state index in [0.717, 1.165) is 16.9 Å². The number of aryl methyl sites for hydroxylation is 1. The second-order valence-corrected chi connectivity index (χ2v) is 4.19. The average Bonchev–Trinajstić information content (AvgIpc) is 2.26. The van der Waals surface area contributed by atoms with Crippen molar-refractivity contribution in [3.63, 3.8) is 0 Å². The number of methoxy groups -OCH3 is 1. The van der Waals surface area contributed by atoms with Crippen molar-refractivity contribution in [2.24, 2.45) is 11.7 Å². The van der Waals surface area contributed by atoms with Crippen molar-refractivity contribution in [3.8, 4) is 5.75 Å². The zero-order valence-corrected chi connectivity index (χ0v) is 10.3. The minimum Gasteiger partial charge on any atom is -0.497 e. The van der Waals surface area contributed by atoms with Crippen molar-refractivity contribution >= 4 is 5.78 Å². The van der Waals surface area contributed by atoms with Crippen LogP contribution in [0.5, 0.6) is 5.75 Å². The van der Waals surface area contributed by atoms with E-state index >= 15 is 0 Å². The summed E-state index contributed by atoms with van der Waals surface area (Å²) in [5.41, 5.74) is 7.39. The number of ether oxygens (including phenoxy) is 1. The second-order valence-electron chi connectivity index (χ2n) is 4.19. The number of rotatable bonds is 4. The van der Waals surface area contributed by atoms with Crippen LogP contribution in [0.25, 0.3) is 0 Å². The molecule has 0 amide bonds. The van der Waals surface area contributed by atoms with Crippen LogP contribution in [0.15, 0.2) is 18.2 Å². The molecule has 1 aromatic carbocycles. The summed E-state index contributed by atoms with van der Waals surface area (Å²) in [6.07, 6.45) is 0. The molecule has 2 unspecified atom stereocenters. The van der Waals surface area contributed by atoms with Crippen LogP contribution in [0.1, 0.15) is 29.8 Å². The molecule has 0 saturated heterocycles. The number of nitrogens with two attached hydrogens (primary N) is 1. The summed E-state index contributed by atoms with van der Waals surface area (Å²) in [7, 11) is 1.61. The van der Waals surface area contributed by atoms with Gasteiger partial charge < -0.3 is 10.5 Å². The number of ketones is 1. The van der Waals surface area contributed by atoms with Crippen molar-refractivity contribution in [3.05, 3.63) is 29.3 Å². The SMILES string of the molecule is COc1ccc(C(=O)C(C)C(C)N)c(C)c1. The maximum Gasteiger partial charge on any atom is 0.167 e. The molecule has 2 N–H and O–H groups in total. The Labute approximate surface area is 96.6 Å². The van der Waals surface area contributed by atoms with Gasteiger partial charge in [0.25, 0.3) is 0 Å². The third-order valence-corrected chi connectivity index (χ3v) is 2.90. The van der Waals surface area contributed by atoms with E-state index in [-0.39, 0.29) is 17.7 Å². The van der Waals surface area contributed by atoms with Gasteiger partial charge in [0.05, 0.1) is 7.11 Å². The molecule has 16 heavy (non-hydrogen) atoms. The first-order chi connectivity index (χ1) is 7.47. The van der Waals surface area contributed by atoms with E-state index in [1.165, 1.54) is 0 Å². The van der Waals surface area contributed by atoms with E-state index in [1.54, 1.807) is 19.2 Å². The molecule has 0 aliphatic heterocycles.